The monoisotopic (exact) mass is 459 g/mol. The van der Waals surface area contributed by atoms with Crippen molar-refractivity contribution in [1.29, 1.82) is 0 Å². The standard InChI is InChI=1S/C22H25N3O6S/c1-32(27,28)25-14-21(31-18-5-3-2-4-17(18)25)22(26)24-10-8-23(9-11-24)13-16-6-7-19-20(12-16)30-15-29-19/h2-7,12,21H,8-11,13-15H2,1H3/t21-/m1/s1. The van der Waals surface area contributed by atoms with E-state index >= 15 is 0 Å². The van der Waals surface area contributed by atoms with Crippen LogP contribution in [0.25, 0.3) is 0 Å². The first kappa shape index (κ1) is 20.9. The number of nitrogens with zero attached hydrogens (tertiary/aromatic N) is 3. The van der Waals surface area contributed by atoms with Gasteiger partial charge in [-0.15, -0.1) is 0 Å². The minimum Gasteiger partial charge on any atom is -0.476 e. The summed E-state index contributed by atoms with van der Waals surface area (Å²) >= 11 is 0. The van der Waals surface area contributed by atoms with Crippen molar-refractivity contribution in [3.8, 4) is 17.2 Å². The summed E-state index contributed by atoms with van der Waals surface area (Å²) in [5.74, 6) is 1.75. The molecule has 2 aromatic carbocycles. The van der Waals surface area contributed by atoms with E-state index in [4.69, 9.17) is 14.2 Å². The predicted molar refractivity (Wildman–Crippen MR) is 117 cm³/mol. The Hall–Kier alpha value is -2.98. The van der Waals surface area contributed by atoms with Crippen LogP contribution in [0, 0.1) is 0 Å². The van der Waals surface area contributed by atoms with Gasteiger partial charge in [0.05, 0.1) is 18.5 Å². The SMILES string of the molecule is CS(=O)(=O)N1C[C@H](C(=O)N2CCN(Cc3ccc4c(c3)OCO4)CC2)Oc2ccccc21. The van der Waals surface area contributed by atoms with E-state index in [1.165, 1.54) is 4.31 Å². The second-order valence-electron chi connectivity index (χ2n) is 8.16. The molecule has 0 unspecified atom stereocenters. The molecule has 3 aliphatic heterocycles. The van der Waals surface area contributed by atoms with Gasteiger partial charge in [-0.2, -0.15) is 0 Å². The van der Waals surface area contributed by atoms with Gasteiger partial charge in [0.2, 0.25) is 16.8 Å². The number of piperazine rings is 1. The second kappa shape index (κ2) is 8.18. The number of anilines is 1. The molecule has 0 radical (unpaired) electrons. The van der Waals surface area contributed by atoms with E-state index in [2.05, 4.69) is 4.90 Å². The number of carbonyl (C=O) groups excluding carboxylic acids is 1. The van der Waals surface area contributed by atoms with Crippen molar-refractivity contribution in [3.05, 3.63) is 48.0 Å². The first-order valence-electron chi connectivity index (χ1n) is 10.5. The average molecular weight is 460 g/mol. The van der Waals surface area contributed by atoms with Gasteiger partial charge in [0.15, 0.2) is 17.6 Å². The van der Waals surface area contributed by atoms with Crippen LogP contribution in [0.5, 0.6) is 17.2 Å². The molecule has 3 aliphatic rings. The Balaban J connectivity index is 1.22. The molecule has 0 bridgehead atoms. The molecule has 1 atom stereocenters. The third-order valence-corrected chi connectivity index (χ3v) is 7.08. The van der Waals surface area contributed by atoms with Gasteiger partial charge >= 0.3 is 0 Å². The Morgan fingerprint density at radius 3 is 2.53 bits per heavy atom. The summed E-state index contributed by atoms with van der Waals surface area (Å²) in [7, 11) is -3.53. The van der Waals surface area contributed by atoms with Crippen molar-refractivity contribution in [1.82, 2.24) is 9.80 Å². The third kappa shape index (κ3) is 4.07. The predicted octanol–water partition coefficient (Wildman–Crippen LogP) is 1.29. The molecule has 1 saturated heterocycles. The highest BCUT2D eigenvalue weighted by molar-refractivity contribution is 7.92. The maximum atomic E-state index is 13.2. The second-order valence-corrected chi connectivity index (χ2v) is 10.1. The number of fused-ring (bicyclic) bond motifs is 2. The number of rotatable bonds is 4. The zero-order valence-electron chi connectivity index (χ0n) is 17.8. The number of hydrogen-bond donors (Lipinski definition) is 0. The average Bonchev–Trinajstić information content (AvgIpc) is 3.26. The molecule has 170 valence electrons. The van der Waals surface area contributed by atoms with Crippen molar-refractivity contribution < 1.29 is 27.4 Å². The fourth-order valence-electron chi connectivity index (χ4n) is 4.27. The Labute approximate surface area is 187 Å². The highest BCUT2D eigenvalue weighted by Crippen LogP contribution is 2.35. The summed E-state index contributed by atoms with van der Waals surface area (Å²) in [6.07, 6.45) is 0.283. The first-order valence-corrected chi connectivity index (χ1v) is 12.4. The Morgan fingerprint density at radius 1 is 1.00 bits per heavy atom. The summed E-state index contributed by atoms with van der Waals surface area (Å²) < 4.78 is 42.6. The van der Waals surface area contributed by atoms with Gasteiger partial charge in [-0.3, -0.25) is 14.0 Å². The normalized spacial score (nSPS) is 20.6. The summed E-state index contributed by atoms with van der Waals surface area (Å²) in [6.45, 7) is 3.55. The Bertz CT molecular complexity index is 1130. The smallest absolute Gasteiger partial charge is 0.265 e. The van der Waals surface area contributed by atoms with E-state index in [1.54, 1.807) is 29.2 Å². The number of amides is 1. The van der Waals surface area contributed by atoms with Crippen LogP contribution >= 0.6 is 0 Å². The highest BCUT2D eigenvalue weighted by Gasteiger charge is 2.37. The molecular formula is C22H25N3O6S. The number of carbonyl (C=O) groups is 1. The minimum absolute atomic E-state index is 0.0217. The van der Waals surface area contributed by atoms with Crippen LogP contribution in [-0.4, -0.2) is 76.0 Å². The fourth-order valence-corrected chi connectivity index (χ4v) is 5.19. The molecule has 32 heavy (non-hydrogen) atoms. The molecule has 5 rings (SSSR count). The number of ether oxygens (including phenoxy) is 3. The van der Waals surface area contributed by atoms with Gasteiger partial charge in [-0.25, -0.2) is 8.42 Å². The van der Waals surface area contributed by atoms with E-state index in [0.29, 0.717) is 24.5 Å². The molecule has 3 heterocycles. The van der Waals surface area contributed by atoms with Gasteiger partial charge in [-0.1, -0.05) is 18.2 Å². The van der Waals surface area contributed by atoms with Crippen molar-refractivity contribution >= 4 is 21.6 Å². The van der Waals surface area contributed by atoms with E-state index in [9.17, 15) is 13.2 Å². The van der Waals surface area contributed by atoms with E-state index in [0.717, 1.165) is 43.0 Å². The molecule has 0 N–H and O–H groups in total. The van der Waals surface area contributed by atoms with Crippen LogP contribution in [0.3, 0.4) is 0 Å². The van der Waals surface area contributed by atoms with Gasteiger partial charge in [0.1, 0.15) is 5.75 Å². The third-order valence-electron chi connectivity index (χ3n) is 5.94. The number of sulfonamides is 1. The van der Waals surface area contributed by atoms with Crippen LogP contribution < -0.4 is 18.5 Å². The summed E-state index contributed by atoms with van der Waals surface area (Å²) in [5.41, 5.74) is 1.60. The maximum absolute atomic E-state index is 13.2. The molecular weight excluding hydrogens is 434 g/mol. The van der Waals surface area contributed by atoms with E-state index < -0.39 is 16.1 Å². The Kier molecular flexibility index (Phi) is 5.34. The molecule has 9 nitrogen and oxygen atoms in total. The van der Waals surface area contributed by atoms with Crippen LogP contribution in [0.15, 0.2) is 42.5 Å². The van der Waals surface area contributed by atoms with Crippen LogP contribution in [-0.2, 0) is 21.4 Å². The summed E-state index contributed by atoms with van der Waals surface area (Å²) in [5, 5.41) is 0. The van der Waals surface area contributed by atoms with Gasteiger partial charge in [0.25, 0.3) is 5.91 Å². The topological polar surface area (TPSA) is 88.6 Å². The van der Waals surface area contributed by atoms with Crippen LogP contribution in [0.4, 0.5) is 5.69 Å². The summed E-state index contributed by atoms with van der Waals surface area (Å²) in [4.78, 5) is 17.2. The van der Waals surface area contributed by atoms with Crippen molar-refractivity contribution in [3.63, 3.8) is 0 Å². The summed E-state index contributed by atoms with van der Waals surface area (Å²) in [6, 6.07) is 12.8. The number of para-hydroxylation sites is 2. The van der Waals surface area contributed by atoms with Crippen molar-refractivity contribution in [2.75, 3.05) is 50.1 Å². The lowest BCUT2D eigenvalue weighted by molar-refractivity contribution is -0.140. The van der Waals surface area contributed by atoms with Gasteiger partial charge < -0.3 is 19.1 Å². The number of benzene rings is 2. The number of hydrogen-bond acceptors (Lipinski definition) is 7. The molecule has 10 heteroatoms. The van der Waals surface area contributed by atoms with Gasteiger partial charge in [0, 0.05) is 32.7 Å². The molecule has 1 amide bonds. The van der Waals surface area contributed by atoms with Crippen molar-refractivity contribution in [2.24, 2.45) is 0 Å². The van der Waals surface area contributed by atoms with Gasteiger partial charge in [-0.05, 0) is 29.8 Å². The zero-order chi connectivity index (χ0) is 22.3. The molecule has 1 fully saturated rings. The maximum Gasteiger partial charge on any atom is 0.265 e. The zero-order valence-corrected chi connectivity index (χ0v) is 18.6. The quantitative estimate of drug-likeness (QED) is 0.681. The molecule has 0 aliphatic carbocycles. The lowest BCUT2D eigenvalue weighted by Crippen LogP contribution is -2.56. The van der Waals surface area contributed by atoms with Crippen LogP contribution in [0.2, 0.25) is 0 Å². The molecule has 0 saturated carbocycles. The first-order chi connectivity index (χ1) is 15.4. The van der Waals surface area contributed by atoms with Crippen LogP contribution in [0.1, 0.15) is 5.56 Å². The minimum atomic E-state index is -3.53. The lowest BCUT2D eigenvalue weighted by atomic mass is 10.1. The van der Waals surface area contributed by atoms with E-state index in [-0.39, 0.29) is 19.2 Å². The highest BCUT2D eigenvalue weighted by atomic mass is 32.2. The van der Waals surface area contributed by atoms with Crippen molar-refractivity contribution in [2.45, 2.75) is 12.6 Å². The molecule has 0 spiro atoms. The largest absolute Gasteiger partial charge is 0.476 e. The molecule has 0 aromatic heterocycles. The molecule has 2 aromatic rings. The lowest BCUT2D eigenvalue weighted by Gasteiger charge is -2.39. The fraction of sp³-hybridized carbons (Fsp3) is 0.409. The van der Waals surface area contributed by atoms with E-state index in [1.807, 2.05) is 18.2 Å². The Morgan fingerprint density at radius 2 is 1.75 bits per heavy atom.